The van der Waals surface area contributed by atoms with E-state index in [4.69, 9.17) is 11.6 Å². The van der Waals surface area contributed by atoms with E-state index in [1.54, 1.807) is 24.0 Å². The number of pyridine rings is 1. The summed E-state index contributed by atoms with van der Waals surface area (Å²) in [6.07, 6.45) is -0.122. The maximum atomic E-state index is 14.7. The lowest BCUT2D eigenvalue weighted by Gasteiger charge is -2.43. The number of nitrogens with zero attached hydrogens (tertiary/aromatic N) is 3. The Bertz CT molecular complexity index is 1300. The molecule has 11 heteroatoms. The van der Waals surface area contributed by atoms with Crippen LogP contribution in [0.2, 0.25) is 5.02 Å². The molecule has 1 amide bonds. The summed E-state index contributed by atoms with van der Waals surface area (Å²) in [6, 6.07) is 8.46. The number of halogens is 3. The van der Waals surface area contributed by atoms with E-state index in [1.165, 1.54) is 24.3 Å². The molecular weight excluding hydrogens is 492 g/mol. The van der Waals surface area contributed by atoms with Crippen LogP contribution in [0.25, 0.3) is 0 Å². The lowest BCUT2D eigenvalue weighted by molar-refractivity contribution is -0.156. The van der Waals surface area contributed by atoms with Crippen molar-refractivity contribution in [2.24, 2.45) is 5.41 Å². The lowest BCUT2D eigenvalue weighted by Crippen LogP contribution is -2.52. The Kier molecular flexibility index (Phi) is 7.26. The number of rotatable bonds is 7. The van der Waals surface area contributed by atoms with Crippen LogP contribution in [-0.2, 0) is 22.4 Å². The van der Waals surface area contributed by atoms with Crippen molar-refractivity contribution in [3.05, 3.63) is 70.0 Å². The number of piperidine rings is 1. The zero-order valence-corrected chi connectivity index (χ0v) is 20.6. The number of aromatic amines is 1. The van der Waals surface area contributed by atoms with E-state index in [1.807, 2.05) is 6.92 Å². The third kappa shape index (κ3) is 5.33. The molecule has 0 saturated carbocycles. The molecule has 2 atom stereocenters. The van der Waals surface area contributed by atoms with Crippen LogP contribution in [0, 0.1) is 24.0 Å². The maximum Gasteiger partial charge on any atom is 0.310 e. The molecule has 0 bridgehead atoms. The minimum atomic E-state index is -1.31. The number of nitrogens with one attached hydrogen (secondary N) is 2. The summed E-state index contributed by atoms with van der Waals surface area (Å²) in [5.41, 5.74) is -0.287. The molecule has 0 spiro atoms. The first-order valence-electron chi connectivity index (χ1n) is 11.5. The number of carbonyl (C=O) groups is 2. The van der Waals surface area contributed by atoms with Gasteiger partial charge in [0.2, 0.25) is 5.91 Å². The molecule has 1 aliphatic rings. The van der Waals surface area contributed by atoms with Gasteiger partial charge in [-0.05, 0) is 50.5 Å². The highest BCUT2D eigenvalue weighted by Crippen LogP contribution is 2.39. The first-order chi connectivity index (χ1) is 17.1. The van der Waals surface area contributed by atoms with Crippen molar-refractivity contribution >= 4 is 35.1 Å². The summed E-state index contributed by atoms with van der Waals surface area (Å²) < 4.78 is 29.0. The quantitative estimate of drug-likeness (QED) is 0.420. The van der Waals surface area contributed by atoms with Gasteiger partial charge < -0.3 is 15.3 Å². The molecule has 3 N–H and O–H groups in total. The Hall–Kier alpha value is -3.53. The zero-order chi connectivity index (χ0) is 26.0. The van der Waals surface area contributed by atoms with Crippen molar-refractivity contribution in [3.8, 4) is 0 Å². The van der Waals surface area contributed by atoms with Crippen LogP contribution in [0.15, 0.2) is 36.4 Å². The van der Waals surface area contributed by atoms with Crippen LogP contribution in [0.5, 0.6) is 0 Å². The number of H-pyrrole nitrogens is 1. The van der Waals surface area contributed by atoms with Gasteiger partial charge in [0.25, 0.3) is 0 Å². The van der Waals surface area contributed by atoms with Crippen LogP contribution in [0.3, 0.4) is 0 Å². The second-order valence-electron chi connectivity index (χ2n) is 9.23. The van der Waals surface area contributed by atoms with Crippen molar-refractivity contribution in [1.29, 1.82) is 0 Å². The summed E-state index contributed by atoms with van der Waals surface area (Å²) >= 11 is 5.82. The van der Waals surface area contributed by atoms with E-state index >= 15 is 0 Å². The molecule has 1 saturated heterocycles. The number of aliphatic carboxylic acids is 1. The fraction of sp³-hybridized carbons (Fsp3) is 0.360. The number of hydrogen-bond acceptors (Lipinski definition) is 5. The number of hydrogen-bond donors (Lipinski definition) is 3. The summed E-state index contributed by atoms with van der Waals surface area (Å²) in [4.78, 5) is 31.2. The Labute approximate surface area is 211 Å². The van der Waals surface area contributed by atoms with Crippen molar-refractivity contribution in [1.82, 2.24) is 20.1 Å². The monoisotopic (exact) mass is 517 g/mol. The molecule has 190 valence electrons. The number of anilines is 2. The topological polar surface area (TPSA) is 111 Å². The SMILES string of the molecule is Cc1cc(Nc2ccc(F)c(C[C@@]3(C(=O)O)CCN(C(=O)Cc4cccc(Cl)c4F)[C@H](C)C3)n2)n[nH]1. The highest BCUT2D eigenvalue weighted by molar-refractivity contribution is 6.30. The third-order valence-corrected chi connectivity index (χ3v) is 6.88. The number of carboxylic acid groups (broad SMARTS) is 1. The van der Waals surface area contributed by atoms with Crippen molar-refractivity contribution in [3.63, 3.8) is 0 Å². The van der Waals surface area contributed by atoms with Crippen molar-refractivity contribution in [2.45, 2.75) is 45.6 Å². The first kappa shape index (κ1) is 25.6. The predicted octanol–water partition coefficient (Wildman–Crippen LogP) is 4.66. The minimum absolute atomic E-state index is 0.0163. The standard InChI is InChI=1S/C25H26ClF2N5O3/c1-14-10-21(32-31-14)30-20-7-6-18(27)19(29-20)13-25(24(35)36)8-9-33(15(2)12-25)22(34)11-16-4-3-5-17(26)23(16)28/h3-7,10,15H,8-9,11-13H2,1-2H3,(H,35,36)(H2,29,30,31,32)/t15-,25-/m1/s1. The van der Waals surface area contributed by atoms with Gasteiger partial charge in [0.15, 0.2) is 5.82 Å². The second-order valence-corrected chi connectivity index (χ2v) is 9.64. The van der Waals surface area contributed by atoms with Crippen molar-refractivity contribution in [2.75, 3.05) is 11.9 Å². The third-order valence-electron chi connectivity index (χ3n) is 6.58. The number of aromatic nitrogens is 3. The molecule has 1 fully saturated rings. The molecule has 2 aromatic heterocycles. The highest BCUT2D eigenvalue weighted by Gasteiger charge is 2.46. The smallest absolute Gasteiger partial charge is 0.310 e. The largest absolute Gasteiger partial charge is 0.481 e. The van der Waals surface area contributed by atoms with Gasteiger partial charge in [-0.3, -0.25) is 14.7 Å². The molecule has 1 aliphatic heterocycles. The molecule has 4 rings (SSSR count). The van der Waals surface area contributed by atoms with Gasteiger partial charge in [-0.15, -0.1) is 0 Å². The maximum absolute atomic E-state index is 14.7. The van der Waals surface area contributed by atoms with Crippen LogP contribution in [0.4, 0.5) is 20.4 Å². The number of carbonyl (C=O) groups excluding carboxylic acids is 1. The predicted molar refractivity (Wildman–Crippen MR) is 130 cm³/mol. The Morgan fingerprint density at radius 3 is 2.72 bits per heavy atom. The molecule has 36 heavy (non-hydrogen) atoms. The van der Waals surface area contributed by atoms with E-state index in [2.05, 4.69) is 20.5 Å². The minimum Gasteiger partial charge on any atom is -0.481 e. The fourth-order valence-electron chi connectivity index (χ4n) is 4.69. The number of amides is 1. The molecule has 0 radical (unpaired) electrons. The van der Waals surface area contributed by atoms with E-state index in [0.29, 0.717) is 11.6 Å². The molecule has 3 heterocycles. The Morgan fingerprint density at radius 1 is 1.28 bits per heavy atom. The van der Waals surface area contributed by atoms with Gasteiger partial charge in [-0.1, -0.05) is 23.7 Å². The van der Waals surface area contributed by atoms with Crippen LogP contribution in [-0.4, -0.2) is 49.7 Å². The van der Waals surface area contributed by atoms with Gasteiger partial charge in [-0.25, -0.2) is 13.8 Å². The average Bonchev–Trinajstić information content (AvgIpc) is 3.23. The lowest BCUT2D eigenvalue weighted by atomic mass is 9.72. The highest BCUT2D eigenvalue weighted by atomic mass is 35.5. The summed E-state index contributed by atoms with van der Waals surface area (Å²) in [6.45, 7) is 3.72. The van der Waals surface area contributed by atoms with Gasteiger partial charge in [0, 0.05) is 30.8 Å². The fourth-order valence-corrected chi connectivity index (χ4v) is 4.89. The van der Waals surface area contributed by atoms with Gasteiger partial charge in [0.1, 0.15) is 17.5 Å². The van der Waals surface area contributed by atoms with E-state index in [-0.39, 0.29) is 54.4 Å². The second kappa shape index (κ2) is 10.2. The Balaban J connectivity index is 1.50. The van der Waals surface area contributed by atoms with E-state index < -0.39 is 29.1 Å². The molecule has 3 aromatic rings. The number of benzene rings is 1. The van der Waals surface area contributed by atoms with E-state index in [9.17, 15) is 23.5 Å². The van der Waals surface area contributed by atoms with E-state index in [0.717, 1.165) is 5.69 Å². The summed E-state index contributed by atoms with van der Waals surface area (Å²) in [7, 11) is 0. The van der Waals surface area contributed by atoms with Gasteiger partial charge in [-0.2, -0.15) is 5.10 Å². The number of carboxylic acids is 1. The average molecular weight is 518 g/mol. The normalized spacial score (nSPS) is 19.8. The van der Waals surface area contributed by atoms with Crippen LogP contribution >= 0.6 is 11.6 Å². The van der Waals surface area contributed by atoms with Crippen LogP contribution in [0.1, 0.15) is 36.7 Å². The molecule has 0 aliphatic carbocycles. The van der Waals surface area contributed by atoms with Crippen LogP contribution < -0.4 is 5.32 Å². The van der Waals surface area contributed by atoms with Crippen molar-refractivity contribution < 1.29 is 23.5 Å². The molecule has 1 aromatic carbocycles. The van der Waals surface area contributed by atoms with Gasteiger partial charge >= 0.3 is 5.97 Å². The molecule has 0 unspecified atom stereocenters. The zero-order valence-electron chi connectivity index (χ0n) is 19.8. The summed E-state index contributed by atoms with van der Waals surface area (Å²) in [5.74, 6) is -1.82. The molecule has 8 nitrogen and oxygen atoms in total. The number of likely N-dealkylation sites (tertiary alicyclic amines) is 1. The molecular formula is C25H26ClF2N5O3. The number of aryl methyl sites for hydroxylation is 1. The Morgan fingerprint density at radius 2 is 2.06 bits per heavy atom. The summed E-state index contributed by atoms with van der Waals surface area (Å²) in [5, 5.41) is 19.9. The van der Waals surface area contributed by atoms with Gasteiger partial charge in [0.05, 0.1) is 22.6 Å². The first-order valence-corrected chi connectivity index (χ1v) is 11.9.